The van der Waals surface area contributed by atoms with Crippen molar-refractivity contribution in [2.24, 2.45) is 0 Å². The average Bonchev–Trinajstić information content (AvgIpc) is 2.44. The highest BCUT2D eigenvalue weighted by Crippen LogP contribution is 1.86. The first-order valence-electron chi connectivity index (χ1n) is 8.12. The minimum atomic E-state index is 0.657. The number of rotatable bonds is 12. The Morgan fingerprint density at radius 2 is 1.21 bits per heavy atom. The van der Waals surface area contributed by atoms with Gasteiger partial charge in [-0.15, -0.1) is 0 Å². The van der Waals surface area contributed by atoms with Crippen LogP contribution in [0.4, 0.5) is 0 Å². The van der Waals surface area contributed by atoms with Crippen LogP contribution >= 0.6 is 0 Å². The van der Waals surface area contributed by atoms with Crippen LogP contribution in [-0.4, -0.2) is 51.9 Å². The Morgan fingerprint density at radius 3 is 1.58 bits per heavy atom. The van der Waals surface area contributed by atoms with E-state index < -0.39 is 0 Å². The fourth-order valence-corrected chi connectivity index (χ4v) is 1.66. The molecule has 0 saturated carbocycles. The van der Waals surface area contributed by atoms with Crippen molar-refractivity contribution >= 4 is 0 Å². The Bertz CT molecular complexity index is 136. The maximum Gasteiger partial charge on any atom is 0.0189 e. The minimum Gasteiger partial charge on any atom is -0.317 e. The summed E-state index contributed by atoms with van der Waals surface area (Å²) in [4.78, 5) is 0. The molecule has 19 heavy (non-hydrogen) atoms. The second-order valence-electron chi connectivity index (χ2n) is 4.53. The Hall–Kier alpha value is -0.160. The Kier molecular flexibility index (Phi) is 22.4. The van der Waals surface area contributed by atoms with Gasteiger partial charge in [0.1, 0.15) is 0 Å². The summed E-state index contributed by atoms with van der Waals surface area (Å²) < 4.78 is 0. The zero-order chi connectivity index (χ0) is 14.8. The fourth-order valence-electron chi connectivity index (χ4n) is 1.66. The van der Waals surface area contributed by atoms with Crippen LogP contribution < -0.4 is 21.3 Å². The molecule has 0 radical (unpaired) electrons. The van der Waals surface area contributed by atoms with Crippen molar-refractivity contribution in [1.82, 2.24) is 21.3 Å². The molecule has 0 aliphatic carbocycles. The largest absolute Gasteiger partial charge is 0.317 e. The molecule has 0 heterocycles. The summed E-state index contributed by atoms with van der Waals surface area (Å²) in [6, 6.07) is 0.657. The highest BCUT2D eigenvalue weighted by Gasteiger charge is 2.00. The molecule has 1 atom stereocenters. The van der Waals surface area contributed by atoms with Gasteiger partial charge in [0.25, 0.3) is 0 Å². The molecule has 0 aromatic heterocycles. The molecule has 0 spiro atoms. The van der Waals surface area contributed by atoms with Gasteiger partial charge in [0.2, 0.25) is 0 Å². The van der Waals surface area contributed by atoms with E-state index in [2.05, 4.69) is 55.9 Å². The number of hydrogen-bond acceptors (Lipinski definition) is 4. The topological polar surface area (TPSA) is 48.1 Å². The standard InChI is InChI=1S/C8H20N2.C7H18N2/c1-4-8(10-6-3)7-9-5-2;1-3-8-6-5-7-9-4-2/h8-10H,4-7H2,1-3H3;8-9H,3-7H2,1-2H3. The van der Waals surface area contributed by atoms with Gasteiger partial charge in [0.05, 0.1) is 0 Å². The molecule has 0 bridgehead atoms. The normalized spacial score (nSPS) is 11.8. The molecular formula is C15H38N4. The molecule has 0 aliphatic heterocycles. The SMILES string of the molecule is CCNCC(CC)NCC.CCNCCCNCC. The average molecular weight is 274 g/mol. The first kappa shape index (κ1) is 21.1. The minimum absolute atomic E-state index is 0.657. The summed E-state index contributed by atoms with van der Waals surface area (Å²) in [5, 5.41) is 13.3. The van der Waals surface area contributed by atoms with E-state index in [1.807, 2.05) is 0 Å². The van der Waals surface area contributed by atoms with Gasteiger partial charge in [-0.3, -0.25) is 0 Å². The molecule has 4 heteroatoms. The van der Waals surface area contributed by atoms with Gasteiger partial charge < -0.3 is 21.3 Å². The summed E-state index contributed by atoms with van der Waals surface area (Å²) in [7, 11) is 0. The molecule has 0 aromatic rings. The van der Waals surface area contributed by atoms with Crippen molar-refractivity contribution in [1.29, 1.82) is 0 Å². The Morgan fingerprint density at radius 1 is 0.684 bits per heavy atom. The molecule has 4 N–H and O–H groups in total. The van der Waals surface area contributed by atoms with Crippen molar-refractivity contribution in [3.8, 4) is 0 Å². The van der Waals surface area contributed by atoms with Crippen molar-refractivity contribution in [2.75, 3.05) is 45.8 Å². The van der Waals surface area contributed by atoms with Gasteiger partial charge in [-0.25, -0.2) is 0 Å². The first-order chi connectivity index (χ1) is 9.26. The maximum absolute atomic E-state index is 3.40. The van der Waals surface area contributed by atoms with Crippen molar-refractivity contribution in [3.05, 3.63) is 0 Å². The third kappa shape index (κ3) is 20.3. The fraction of sp³-hybridized carbons (Fsp3) is 1.00. The summed E-state index contributed by atoms with van der Waals surface area (Å²) in [5.41, 5.74) is 0. The van der Waals surface area contributed by atoms with Gasteiger partial charge in [-0.1, -0.05) is 34.6 Å². The predicted octanol–water partition coefficient (Wildman–Crippen LogP) is 1.58. The van der Waals surface area contributed by atoms with E-state index in [4.69, 9.17) is 0 Å². The van der Waals surface area contributed by atoms with Crippen LogP contribution in [0.2, 0.25) is 0 Å². The lowest BCUT2D eigenvalue weighted by molar-refractivity contribution is 0.479. The summed E-state index contributed by atoms with van der Waals surface area (Å²) in [6.45, 7) is 18.5. The van der Waals surface area contributed by atoms with Crippen LogP contribution in [0, 0.1) is 0 Å². The van der Waals surface area contributed by atoms with Gasteiger partial charge in [-0.2, -0.15) is 0 Å². The second kappa shape index (κ2) is 20.2. The summed E-state index contributed by atoms with van der Waals surface area (Å²) in [5.74, 6) is 0. The molecule has 0 fully saturated rings. The summed E-state index contributed by atoms with van der Waals surface area (Å²) in [6.07, 6.45) is 2.45. The number of nitrogens with one attached hydrogen (secondary N) is 4. The monoisotopic (exact) mass is 274 g/mol. The van der Waals surface area contributed by atoms with Crippen molar-refractivity contribution in [3.63, 3.8) is 0 Å². The molecule has 118 valence electrons. The maximum atomic E-state index is 3.40. The third-order valence-electron chi connectivity index (χ3n) is 2.83. The number of hydrogen-bond donors (Lipinski definition) is 4. The molecule has 0 aromatic carbocycles. The summed E-state index contributed by atoms with van der Waals surface area (Å²) >= 11 is 0. The lowest BCUT2D eigenvalue weighted by Crippen LogP contribution is -2.37. The zero-order valence-electron chi connectivity index (χ0n) is 13.9. The van der Waals surface area contributed by atoms with E-state index in [1.54, 1.807) is 0 Å². The third-order valence-corrected chi connectivity index (χ3v) is 2.83. The van der Waals surface area contributed by atoms with Crippen molar-refractivity contribution in [2.45, 2.75) is 53.5 Å². The quantitative estimate of drug-likeness (QED) is 0.408. The first-order valence-corrected chi connectivity index (χ1v) is 8.12. The second-order valence-corrected chi connectivity index (χ2v) is 4.53. The van der Waals surface area contributed by atoms with E-state index in [-0.39, 0.29) is 0 Å². The van der Waals surface area contributed by atoms with Gasteiger partial charge in [0, 0.05) is 12.6 Å². The lowest BCUT2D eigenvalue weighted by Gasteiger charge is -2.15. The van der Waals surface area contributed by atoms with Crippen LogP contribution in [0.25, 0.3) is 0 Å². The molecular weight excluding hydrogens is 236 g/mol. The van der Waals surface area contributed by atoms with E-state index in [9.17, 15) is 0 Å². The van der Waals surface area contributed by atoms with Gasteiger partial charge >= 0.3 is 0 Å². The Balaban J connectivity index is 0. The molecule has 0 aliphatic rings. The van der Waals surface area contributed by atoms with Crippen LogP contribution in [0.3, 0.4) is 0 Å². The molecule has 4 nitrogen and oxygen atoms in total. The zero-order valence-corrected chi connectivity index (χ0v) is 13.9. The molecule has 0 amide bonds. The lowest BCUT2D eigenvalue weighted by atomic mass is 10.2. The molecule has 0 saturated heterocycles. The highest BCUT2D eigenvalue weighted by atomic mass is 15.0. The van der Waals surface area contributed by atoms with Crippen molar-refractivity contribution < 1.29 is 0 Å². The van der Waals surface area contributed by atoms with Crippen LogP contribution in [0.1, 0.15) is 47.5 Å². The number of likely N-dealkylation sites (N-methyl/N-ethyl adjacent to an activating group) is 2. The van der Waals surface area contributed by atoms with E-state index >= 15 is 0 Å². The van der Waals surface area contributed by atoms with E-state index in [1.165, 1.54) is 12.8 Å². The van der Waals surface area contributed by atoms with E-state index in [0.29, 0.717) is 6.04 Å². The van der Waals surface area contributed by atoms with E-state index in [0.717, 1.165) is 45.8 Å². The van der Waals surface area contributed by atoms with Crippen LogP contribution in [0.5, 0.6) is 0 Å². The smallest absolute Gasteiger partial charge is 0.0189 e. The van der Waals surface area contributed by atoms with Gasteiger partial charge in [-0.05, 0) is 52.1 Å². The molecule has 1 unspecified atom stereocenters. The van der Waals surface area contributed by atoms with Crippen LogP contribution in [-0.2, 0) is 0 Å². The molecule has 0 rings (SSSR count). The van der Waals surface area contributed by atoms with Crippen LogP contribution in [0.15, 0.2) is 0 Å². The predicted molar refractivity (Wildman–Crippen MR) is 88.0 cm³/mol. The Labute approximate surface area is 121 Å². The highest BCUT2D eigenvalue weighted by molar-refractivity contribution is 4.65. The van der Waals surface area contributed by atoms with Gasteiger partial charge in [0.15, 0.2) is 0 Å².